The number of nitrogens with one attached hydrogen (secondary N) is 2. The van der Waals surface area contributed by atoms with Gasteiger partial charge in [-0.1, -0.05) is 24.3 Å². The topological polar surface area (TPSA) is 72.0 Å². The van der Waals surface area contributed by atoms with Crippen LogP contribution in [0.5, 0.6) is 23.0 Å². The lowest BCUT2D eigenvalue weighted by atomic mass is 9.97. The molecule has 2 aliphatic heterocycles. The van der Waals surface area contributed by atoms with Crippen molar-refractivity contribution in [2.45, 2.75) is 19.1 Å². The van der Waals surface area contributed by atoms with E-state index in [4.69, 9.17) is 14.2 Å². The van der Waals surface area contributed by atoms with E-state index in [9.17, 15) is 9.50 Å². The van der Waals surface area contributed by atoms with Crippen molar-refractivity contribution in [1.29, 1.82) is 0 Å². The summed E-state index contributed by atoms with van der Waals surface area (Å²) in [6.45, 7) is 2.52. The summed E-state index contributed by atoms with van der Waals surface area (Å²) in [5.41, 5.74) is 3.31. The van der Waals surface area contributed by atoms with Gasteiger partial charge in [0, 0.05) is 16.8 Å². The van der Waals surface area contributed by atoms with E-state index in [0.717, 1.165) is 16.8 Å². The van der Waals surface area contributed by atoms with Crippen LogP contribution in [0.3, 0.4) is 0 Å². The van der Waals surface area contributed by atoms with Crippen molar-refractivity contribution in [2.24, 2.45) is 0 Å². The highest BCUT2D eigenvalue weighted by molar-refractivity contribution is 5.69. The SMILES string of the molecule is CCOc1cccc(C2C=C(c3ccc4c(c3)OCO4)NC(c3ccc(F)cc3)N2)c1O. The van der Waals surface area contributed by atoms with Crippen LogP contribution in [-0.4, -0.2) is 18.5 Å². The molecule has 2 unspecified atom stereocenters. The van der Waals surface area contributed by atoms with E-state index in [1.165, 1.54) is 12.1 Å². The Bertz CT molecular complexity index is 1160. The molecular formula is C25H23FN2O4. The van der Waals surface area contributed by atoms with Gasteiger partial charge < -0.3 is 24.6 Å². The Hall–Kier alpha value is -3.71. The van der Waals surface area contributed by atoms with E-state index in [1.54, 1.807) is 18.2 Å². The summed E-state index contributed by atoms with van der Waals surface area (Å²) in [6.07, 6.45) is 1.68. The summed E-state index contributed by atoms with van der Waals surface area (Å²) in [7, 11) is 0. The lowest BCUT2D eigenvalue weighted by Crippen LogP contribution is -2.39. The molecule has 2 atom stereocenters. The van der Waals surface area contributed by atoms with Crippen molar-refractivity contribution in [1.82, 2.24) is 10.6 Å². The van der Waals surface area contributed by atoms with Gasteiger partial charge in [-0.05, 0) is 55.0 Å². The molecule has 0 aromatic heterocycles. The molecule has 0 saturated heterocycles. The van der Waals surface area contributed by atoms with Crippen LogP contribution in [0.2, 0.25) is 0 Å². The van der Waals surface area contributed by atoms with Crippen LogP contribution in [0.15, 0.2) is 66.7 Å². The monoisotopic (exact) mass is 434 g/mol. The highest BCUT2D eigenvalue weighted by atomic mass is 19.1. The summed E-state index contributed by atoms with van der Waals surface area (Å²) < 4.78 is 30.0. The molecule has 3 aromatic carbocycles. The number of para-hydroxylation sites is 1. The molecule has 164 valence electrons. The summed E-state index contributed by atoms with van der Waals surface area (Å²) in [6, 6.07) is 17.2. The van der Waals surface area contributed by atoms with Gasteiger partial charge in [-0.25, -0.2) is 4.39 Å². The number of fused-ring (bicyclic) bond motifs is 1. The van der Waals surface area contributed by atoms with Crippen LogP contribution in [0.1, 0.15) is 35.8 Å². The van der Waals surface area contributed by atoms with Gasteiger partial charge in [-0.15, -0.1) is 0 Å². The second kappa shape index (κ2) is 8.43. The fourth-order valence-corrected chi connectivity index (χ4v) is 3.96. The second-order valence-corrected chi connectivity index (χ2v) is 7.55. The third-order valence-corrected chi connectivity index (χ3v) is 5.53. The van der Waals surface area contributed by atoms with Gasteiger partial charge in [0.25, 0.3) is 0 Å². The van der Waals surface area contributed by atoms with Crippen molar-refractivity contribution in [3.63, 3.8) is 0 Å². The molecule has 3 N–H and O–H groups in total. The minimum absolute atomic E-state index is 0.0906. The Balaban J connectivity index is 1.56. The number of phenolic OH excluding ortho intramolecular Hbond substituents is 1. The largest absolute Gasteiger partial charge is 0.504 e. The fraction of sp³-hybridized carbons (Fsp3) is 0.200. The highest BCUT2D eigenvalue weighted by Crippen LogP contribution is 2.39. The Morgan fingerprint density at radius 2 is 1.88 bits per heavy atom. The molecular weight excluding hydrogens is 411 g/mol. The molecule has 2 heterocycles. The summed E-state index contributed by atoms with van der Waals surface area (Å²) in [5.74, 6) is 1.61. The number of rotatable bonds is 5. The fourth-order valence-electron chi connectivity index (χ4n) is 3.96. The number of ether oxygens (including phenoxy) is 3. The zero-order valence-corrected chi connectivity index (χ0v) is 17.5. The number of aromatic hydroxyl groups is 1. The van der Waals surface area contributed by atoms with E-state index < -0.39 is 0 Å². The first kappa shape index (κ1) is 20.2. The van der Waals surface area contributed by atoms with Gasteiger partial charge in [0.1, 0.15) is 12.0 Å². The zero-order valence-electron chi connectivity index (χ0n) is 17.5. The summed E-state index contributed by atoms with van der Waals surface area (Å²) in [4.78, 5) is 0. The third kappa shape index (κ3) is 3.83. The van der Waals surface area contributed by atoms with Crippen LogP contribution in [-0.2, 0) is 0 Å². The summed E-state index contributed by atoms with van der Waals surface area (Å²) in [5, 5.41) is 17.8. The van der Waals surface area contributed by atoms with Gasteiger partial charge in [0.15, 0.2) is 23.0 Å². The maximum Gasteiger partial charge on any atom is 0.231 e. The van der Waals surface area contributed by atoms with E-state index in [0.29, 0.717) is 29.4 Å². The minimum atomic E-state index is -0.327. The second-order valence-electron chi connectivity index (χ2n) is 7.55. The smallest absolute Gasteiger partial charge is 0.231 e. The van der Waals surface area contributed by atoms with Crippen LogP contribution >= 0.6 is 0 Å². The molecule has 32 heavy (non-hydrogen) atoms. The number of hydrogen-bond acceptors (Lipinski definition) is 6. The number of hydrogen-bond donors (Lipinski definition) is 3. The molecule has 0 bridgehead atoms. The lowest BCUT2D eigenvalue weighted by molar-refractivity contribution is 0.174. The average Bonchev–Trinajstić information content (AvgIpc) is 3.29. The zero-order chi connectivity index (χ0) is 22.1. The van der Waals surface area contributed by atoms with Crippen LogP contribution in [0.25, 0.3) is 5.70 Å². The first-order chi connectivity index (χ1) is 15.6. The van der Waals surface area contributed by atoms with Crippen molar-refractivity contribution in [3.8, 4) is 23.0 Å². The predicted octanol–water partition coefficient (Wildman–Crippen LogP) is 4.63. The molecule has 0 amide bonds. The van der Waals surface area contributed by atoms with E-state index >= 15 is 0 Å². The molecule has 3 aromatic rings. The number of phenols is 1. The maximum absolute atomic E-state index is 13.5. The highest BCUT2D eigenvalue weighted by Gasteiger charge is 2.27. The standard InChI is InChI=1S/C25H23FN2O4/c1-2-30-22-5-3-4-18(24(22)29)20-13-19(16-8-11-21-23(12-16)32-14-31-21)27-25(28-20)15-6-9-17(26)10-7-15/h3-13,20,25,27-29H,2,14H2,1H3. The van der Waals surface area contributed by atoms with Crippen LogP contribution < -0.4 is 24.8 Å². The lowest BCUT2D eigenvalue weighted by Gasteiger charge is -2.33. The van der Waals surface area contributed by atoms with Crippen molar-refractivity contribution >= 4 is 5.70 Å². The molecule has 7 heteroatoms. The molecule has 0 radical (unpaired) electrons. The third-order valence-electron chi connectivity index (χ3n) is 5.53. The van der Waals surface area contributed by atoms with Crippen LogP contribution in [0, 0.1) is 5.82 Å². The molecule has 6 nitrogen and oxygen atoms in total. The Morgan fingerprint density at radius 1 is 1.06 bits per heavy atom. The normalized spacial score (nSPS) is 19.2. The first-order valence-corrected chi connectivity index (χ1v) is 10.5. The predicted molar refractivity (Wildman–Crippen MR) is 118 cm³/mol. The van der Waals surface area contributed by atoms with Gasteiger partial charge in [0.2, 0.25) is 6.79 Å². The van der Waals surface area contributed by atoms with Crippen LogP contribution in [0.4, 0.5) is 4.39 Å². The molecule has 0 aliphatic carbocycles. The Labute approximate surface area is 185 Å². The summed E-state index contributed by atoms with van der Waals surface area (Å²) >= 11 is 0. The average molecular weight is 434 g/mol. The van der Waals surface area contributed by atoms with Gasteiger partial charge >= 0.3 is 0 Å². The Kier molecular flexibility index (Phi) is 5.33. The first-order valence-electron chi connectivity index (χ1n) is 10.5. The van der Waals surface area contributed by atoms with Gasteiger partial charge in [-0.2, -0.15) is 0 Å². The molecule has 0 fully saturated rings. The van der Waals surface area contributed by atoms with Gasteiger partial charge in [0.05, 0.1) is 12.6 Å². The molecule has 0 spiro atoms. The van der Waals surface area contributed by atoms with E-state index in [2.05, 4.69) is 10.6 Å². The van der Waals surface area contributed by atoms with E-state index in [1.807, 2.05) is 43.3 Å². The maximum atomic E-state index is 13.5. The van der Waals surface area contributed by atoms with Crippen molar-refractivity contribution in [3.05, 3.63) is 89.2 Å². The quantitative estimate of drug-likeness (QED) is 0.544. The Morgan fingerprint density at radius 3 is 2.69 bits per heavy atom. The minimum Gasteiger partial charge on any atom is -0.504 e. The van der Waals surface area contributed by atoms with Crippen molar-refractivity contribution < 1.29 is 23.7 Å². The molecule has 0 saturated carbocycles. The number of benzene rings is 3. The van der Waals surface area contributed by atoms with Crippen molar-refractivity contribution in [2.75, 3.05) is 13.4 Å². The van der Waals surface area contributed by atoms with E-state index in [-0.39, 0.29) is 30.6 Å². The number of halogens is 1. The molecule has 5 rings (SSSR count). The molecule has 2 aliphatic rings. The van der Waals surface area contributed by atoms with Gasteiger partial charge in [-0.3, -0.25) is 5.32 Å².